The quantitative estimate of drug-likeness (QED) is 0.0600. The van der Waals surface area contributed by atoms with Gasteiger partial charge in [-0.3, -0.25) is 0 Å². The molecule has 0 aromatic heterocycles. The minimum Gasteiger partial charge on any atom is -0.378 e. The van der Waals surface area contributed by atoms with E-state index in [1.807, 2.05) is 0 Å². The maximum atomic E-state index is 7.13. The third kappa shape index (κ3) is 13.4. The van der Waals surface area contributed by atoms with Crippen molar-refractivity contribution in [2.45, 2.75) is 207 Å². The van der Waals surface area contributed by atoms with Gasteiger partial charge in [0.2, 0.25) is 0 Å². The van der Waals surface area contributed by atoms with E-state index in [1.54, 1.807) is 0 Å². The molecule has 11 atom stereocenters. The molecule has 4 aliphatic rings. The van der Waals surface area contributed by atoms with E-state index in [0.29, 0.717) is 78.9 Å². The Kier molecular flexibility index (Phi) is 22.6. The van der Waals surface area contributed by atoms with Gasteiger partial charge < -0.3 is 36.3 Å². The lowest BCUT2D eigenvalue weighted by molar-refractivity contribution is -0.227. The highest BCUT2D eigenvalue weighted by Crippen LogP contribution is 2.69. The van der Waals surface area contributed by atoms with Crippen molar-refractivity contribution >= 4 is 0 Å². The van der Waals surface area contributed by atoms with Crippen molar-refractivity contribution in [2.75, 3.05) is 59.1 Å². The highest BCUT2D eigenvalue weighted by molar-refractivity contribution is 5.15. The normalized spacial score (nSPS) is 33.4. The van der Waals surface area contributed by atoms with Crippen LogP contribution in [0.15, 0.2) is 0 Å². The molecule has 7 unspecified atom stereocenters. The van der Waals surface area contributed by atoms with Crippen molar-refractivity contribution < 1.29 is 14.2 Å². The first-order valence-corrected chi connectivity index (χ1v) is 25.0. The summed E-state index contributed by atoms with van der Waals surface area (Å²) in [7, 11) is 0. The van der Waals surface area contributed by atoms with Gasteiger partial charge >= 0.3 is 0 Å². The lowest BCUT2D eigenvalue weighted by Crippen LogP contribution is -2.63. The zero-order chi connectivity index (χ0) is 40.2. The molecule has 7 nitrogen and oxygen atoms in total. The zero-order valence-electron chi connectivity index (χ0n) is 37.9. The van der Waals surface area contributed by atoms with Crippen LogP contribution in [0.4, 0.5) is 0 Å². The average Bonchev–Trinajstić information content (AvgIpc) is 3.56. The van der Waals surface area contributed by atoms with Gasteiger partial charge in [0.15, 0.2) is 0 Å². The van der Waals surface area contributed by atoms with Crippen LogP contribution in [0.25, 0.3) is 0 Å². The van der Waals surface area contributed by atoms with Gasteiger partial charge in [0.25, 0.3) is 0 Å². The lowest BCUT2D eigenvalue weighted by Gasteiger charge is -2.65. The van der Waals surface area contributed by atoms with E-state index in [2.05, 4.69) is 39.5 Å². The Balaban J connectivity index is 1.47. The van der Waals surface area contributed by atoms with Crippen molar-refractivity contribution in [1.29, 1.82) is 0 Å². The highest BCUT2D eigenvalue weighted by Gasteiger charge is 2.66. The Bertz CT molecular complexity index is 1000. The van der Waals surface area contributed by atoms with Crippen LogP contribution in [-0.4, -0.2) is 82.3 Å². The van der Waals surface area contributed by atoms with Crippen LogP contribution >= 0.6 is 0 Å². The summed E-state index contributed by atoms with van der Waals surface area (Å²) in [5.41, 5.74) is 18.4. The van der Waals surface area contributed by atoms with Gasteiger partial charge in [-0.2, -0.15) is 0 Å². The molecule has 4 rings (SSSR count). The minimum atomic E-state index is 0.174. The van der Waals surface area contributed by atoms with E-state index in [1.165, 1.54) is 148 Å². The van der Waals surface area contributed by atoms with Gasteiger partial charge in [-0.15, -0.1) is 0 Å². The van der Waals surface area contributed by atoms with Crippen LogP contribution in [-0.2, 0) is 14.2 Å². The molecule has 4 fully saturated rings. The van der Waals surface area contributed by atoms with Gasteiger partial charge in [0.1, 0.15) is 0 Å². The number of ether oxygens (including phenoxy) is 3. The number of unbranched alkanes of at least 4 members (excludes halogenated alkanes) is 10. The molecule has 0 aromatic rings. The van der Waals surface area contributed by atoms with Crippen molar-refractivity contribution in [3.05, 3.63) is 0 Å². The predicted molar refractivity (Wildman–Crippen MR) is 238 cm³/mol. The average molecular weight is 789 g/mol. The summed E-state index contributed by atoms with van der Waals surface area (Å²) in [5, 5.41) is 0. The summed E-state index contributed by atoms with van der Waals surface area (Å²) < 4.78 is 20.6. The standard InChI is InChI=1S/C49H96N4O3/c1-6-8-10-12-14-16-30-53(31-17-15-13-11-9-7-2)32-18-22-39(3)42-23-24-43-47-44(38-46(49(42,43)5)56-35-21-29-52)48(4)26-25-41(54-33-19-27-50)36-40(48)37-45(47)55-34-20-28-51/h39-47H,6-38,50-52H2,1-5H3/t39-,40?,41-,42?,43?,44?,45-,46+,47?,48?,49?/m1/s1. The van der Waals surface area contributed by atoms with E-state index in [-0.39, 0.29) is 5.41 Å². The molecule has 4 saturated carbocycles. The maximum Gasteiger partial charge on any atom is 0.0637 e. The van der Waals surface area contributed by atoms with Crippen LogP contribution in [0, 0.1) is 46.3 Å². The van der Waals surface area contributed by atoms with Gasteiger partial charge in [0.05, 0.1) is 18.3 Å². The van der Waals surface area contributed by atoms with Crippen LogP contribution in [0.3, 0.4) is 0 Å². The molecule has 0 bridgehead atoms. The number of hydrogen-bond acceptors (Lipinski definition) is 7. The van der Waals surface area contributed by atoms with Gasteiger partial charge in [-0.1, -0.05) is 98.8 Å². The van der Waals surface area contributed by atoms with E-state index in [4.69, 9.17) is 31.4 Å². The zero-order valence-corrected chi connectivity index (χ0v) is 37.9. The molecule has 0 amide bonds. The third-order valence-corrected chi connectivity index (χ3v) is 16.3. The van der Waals surface area contributed by atoms with Crippen LogP contribution in [0.5, 0.6) is 0 Å². The molecule has 0 radical (unpaired) electrons. The van der Waals surface area contributed by atoms with Crippen molar-refractivity contribution in [3.8, 4) is 0 Å². The summed E-state index contributed by atoms with van der Waals surface area (Å²) in [6.45, 7) is 21.0. The monoisotopic (exact) mass is 789 g/mol. The highest BCUT2D eigenvalue weighted by atomic mass is 16.5. The lowest BCUT2D eigenvalue weighted by atomic mass is 9.43. The number of nitrogens with zero attached hydrogens (tertiary/aromatic N) is 1. The van der Waals surface area contributed by atoms with E-state index in [0.717, 1.165) is 45.5 Å². The Morgan fingerprint density at radius 3 is 1.80 bits per heavy atom. The predicted octanol–water partition coefficient (Wildman–Crippen LogP) is 10.5. The second-order valence-corrected chi connectivity index (χ2v) is 20.0. The van der Waals surface area contributed by atoms with Crippen LogP contribution in [0.2, 0.25) is 0 Å². The molecule has 6 N–H and O–H groups in total. The SMILES string of the molecule is CCCCCCCCN(CCCCCCCC)CCC[C@@H](C)C1CCC2C3C(C[C@H](OCCCN)C21C)C1(C)CC[C@@H](OCCCN)CC1C[C@H]3OCCCN. The molecule has 0 saturated heterocycles. The fourth-order valence-electron chi connectivity index (χ4n) is 13.0. The fourth-order valence-corrected chi connectivity index (χ4v) is 13.0. The first kappa shape index (κ1) is 48.4. The van der Waals surface area contributed by atoms with E-state index in [9.17, 15) is 0 Å². The first-order chi connectivity index (χ1) is 27.3. The molecule has 7 heteroatoms. The molecule has 0 aliphatic heterocycles. The van der Waals surface area contributed by atoms with Crippen molar-refractivity contribution in [1.82, 2.24) is 4.90 Å². The largest absolute Gasteiger partial charge is 0.378 e. The van der Waals surface area contributed by atoms with E-state index >= 15 is 0 Å². The van der Waals surface area contributed by atoms with Crippen molar-refractivity contribution in [2.24, 2.45) is 63.5 Å². The smallest absolute Gasteiger partial charge is 0.0637 e. The Morgan fingerprint density at radius 1 is 0.607 bits per heavy atom. The number of hydrogen-bond donors (Lipinski definition) is 3. The third-order valence-electron chi connectivity index (χ3n) is 16.3. The summed E-state index contributed by atoms with van der Waals surface area (Å²) in [4.78, 5) is 2.86. The topological polar surface area (TPSA) is 109 Å². The summed E-state index contributed by atoms with van der Waals surface area (Å²) in [5.74, 6) is 3.91. The molecule has 330 valence electrons. The van der Waals surface area contributed by atoms with E-state index < -0.39 is 0 Å². The van der Waals surface area contributed by atoms with Gasteiger partial charge in [0, 0.05) is 25.2 Å². The number of rotatable bonds is 31. The molecule has 4 aliphatic carbocycles. The Labute approximate surface area is 347 Å². The molecular formula is C49H96N4O3. The summed E-state index contributed by atoms with van der Waals surface area (Å²) >= 11 is 0. The maximum absolute atomic E-state index is 7.13. The number of nitrogens with two attached hydrogens (primary N) is 3. The Hall–Kier alpha value is -0.280. The van der Waals surface area contributed by atoms with Gasteiger partial charge in [-0.05, 0) is 170 Å². The number of fused-ring (bicyclic) bond motifs is 5. The molecular weight excluding hydrogens is 693 g/mol. The molecule has 0 aromatic carbocycles. The minimum absolute atomic E-state index is 0.174. The van der Waals surface area contributed by atoms with Crippen LogP contribution in [0.1, 0.15) is 189 Å². The second-order valence-electron chi connectivity index (χ2n) is 20.0. The Morgan fingerprint density at radius 2 is 1.18 bits per heavy atom. The molecule has 0 spiro atoms. The van der Waals surface area contributed by atoms with Crippen LogP contribution < -0.4 is 17.2 Å². The summed E-state index contributed by atoms with van der Waals surface area (Å²) in [6.07, 6.45) is 31.8. The summed E-state index contributed by atoms with van der Waals surface area (Å²) in [6, 6.07) is 0. The molecule has 0 heterocycles. The van der Waals surface area contributed by atoms with Gasteiger partial charge in [-0.25, -0.2) is 0 Å². The first-order valence-electron chi connectivity index (χ1n) is 25.0. The fraction of sp³-hybridized carbons (Fsp3) is 1.00. The molecule has 56 heavy (non-hydrogen) atoms. The van der Waals surface area contributed by atoms with Crippen molar-refractivity contribution in [3.63, 3.8) is 0 Å². The second kappa shape index (κ2) is 26.1.